The van der Waals surface area contributed by atoms with Gasteiger partial charge in [-0.15, -0.1) is 0 Å². The second kappa shape index (κ2) is 9.44. The number of benzene rings is 3. The molecule has 0 spiro atoms. The van der Waals surface area contributed by atoms with E-state index in [1.807, 2.05) is 36.4 Å². The predicted octanol–water partition coefficient (Wildman–Crippen LogP) is 4.87. The minimum Gasteiger partial charge on any atom is -0.203 e. The van der Waals surface area contributed by atoms with Gasteiger partial charge in [0, 0.05) is 43.8 Å². The summed E-state index contributed by atoms with van der Waals surface area (Å²) < 4.78 is 27.3. The molecule has 0 aromatic heterocycles. The van der Waals surface area contributed by atoms with Gasteiger partial charge < -0.3 is 0 Å². The molecule has 123 valence electrons. The Kier molecular flexibility index (Phi) is 7.29. The van der Waals surface area contributed by atoms with Crippen molar-refractivity contribution in [1.82, 2.24) is 0 Å². The van der Waals surface area contributed by atoms with Gasteiger partial charge in [0.2, 0.25) is 0 Å². The SMILES string of the molecule is Cc1ccc(C#Cc2ccc(C#Cc3cc[c-]cc3)cc2)c(F)c1F.[Y]. The molecule has 0 bridgehead atoms. The van der Waals surface area contributed by atoms with Crippen molar-refractivity contribution in [3.05, 3.63) is 106 Å². The zero-order valence-corrected chi connectivity index (χ0v) is 16.9. The van der Waals surface area contributed by atoms with Gasteiger partial charge in [0.15, 0.2) is 11.6 Å². The molecule has 3 rings (SSSR count). The molecule has 0 aliphatic carbocycles. The minimum absolute atomic E-state index is 0. The topological polar surface area (TPSA) is 0 Å². The van der Waals surface area contributed by atoms with Gasteiger partial charge in [-0.25, -0.2) is 8.78 Å². The molecule has 1 radical (unpaired) electrons. The summed E-state index contributed by atoms with van der Waals surface area (Å²) in [5.74, 6) is 9.88. The molecule has 0 aliphatic rings. The fourth-order valence-corrected chi connectivity index (χ4v) is 2.13. The van der Waals surface area contributed by atoms with Gasteiger partial charge >= 0.3 is 0 Å². The molecule has 3 aromatic rings. The fourth-order valence-electron chi connectivity index (χ4n) is 2.13. The molecule has 0 heterocycles. The van der Waals surface area contributed by atoms with Crippen LogP contribution in [0.4, 0.5) is 8.78 Å². The summed E-state index contributed by atoms with van der Waals surface area (Å²) in [6.07, 6.45) is 0. The first-order chi connectivity index (χ1) is 12.1. The van der Waals surface area contributed by atoms with E-state index in [1.165, 1.54) is 19.1 Å². The Morgan fingerprint density at radius 1 is 0.654 bits per heavy atom. The predicted molar refractivity (Wildman–Crippen MR) is 94.8 cm³/mol. The smallest absolute Gasteiger partial charge is 0.174 e. The van der Waals surface area contributed by atoms with Crippen molar-refractivity contribution < 1.29 is 41.5 Å². The molecule has 0 atom stereocenters. The van der Waals surface area contributed by atoms with Crippen molar-refractivity contribution in [2.45, 2.75) is 6.92 Å². The zero-order chi connectivity index (χ0) is 17.6. The van der Waals surface area contributed by atoms with E-state index in [0.717, 1.165) is 11.1 Å². The third-order valence-corrected chi connectivity index (χ3v) is 3.57. The van der Waals surface area contributed by atoms with Gasteiger partial charge in [-0.3, -0.25) is 0 Å². The van der Waals surface area contributed by atoms with Crippen molar-refractivity contribution in [3.8, 4) is 23.7 Å². The van der Waals surface area contributed by atoms with Crippen molar-refractivity contribution in [3.63, 3.8) is 0 Å². The van der Waals surface area contributed by atoms with Crippen molar-refractivity contribution in [1.29, 1.82) is 0 Å². The van der Waals surface area contributed by atoms with Gasteiger partial charge in [-0.2, -0.15) is 30.3 Å². The van der Waals surface area contributed by atoms with E-state index in [0.29, 0.717) is 5.56 Å². The van der Waals surface area contributed by atoms with E-state index in [4.69, 9.17) is 0 Å². The van der Waals surface area contributed by atoms with E-state index in [2.05, 4.69) is 29.7 Å². The largest absolute Gasteiger partial charge is 0.203 e. The monoisotopic (exact) mass is 416 g/mol. The summed E-state index contributed by atoms with van der Waals surface area (Å²) in [4.78, 5) is 0. The van der Waals surface area contributed by atoms with Crippen LogP contribution in [0.25, 0.3) is 0 Å². The first kappa shape index (κ1) is 20.1. The van der Waals surface area contributed by atoms with Gasteiger partial charge in [-0.05, 0) is 42.8 Å². The van der Waals surface area contributed by atoms with Gasteiger partial charge in [0.1, 0.15) is 0 Å². The molecule has 0 fully saturated rings. The van der Waals surface area contributed by atoms with Crippen molar-refractivity contribution >= 4 is 0 Å². The Labute approximate surface area is 177 Å². The van der Waals surface area contributed by atoms with Crippen LogP contribution in [-0.4, -0.2) is 0 Å². The molecule has 0 saturated carbocycles. The molecule has 0 amide bonds. The van der Waals surface area contributed by atoms with Crippen LogP contribution in [0.5, 0.6) is 0 Å². The Morgan fingerprint density at radius 2 is 1.15 bits per heavy atom. The van der Waals surface area contributed by atoms with Crippen LogP contribution in [0.1, 0.15) is 27.8 Å². The summed E-state index contributed by atoms with van der Waals surface area (Å²) in [5, 5.41) is 0. The standard InChI is InChI=1S/C23H13F2.Y/c1-17-7-15-21(23(25)22(17)24)16-14-20-12-10-19(11-13-20)9-8-18-5-3-2-4-6-18;/h3-7,10-13,15H,1H3;/q-1;. The molecule has 0 N–H and O–H groups in total. The minimum atomic E-state index is -0.907. The summed E-state index contributed by atoms with van der Waals surface area (Å²) in [5.41, 5.74) is 2.79. The van der Waals surface area contributed by atoms with Crippen LogP contribution in [-0.2, 0) is 32.7 Å². The molecular formula is C23H13F2Y-. The second-order valence-corrected chi connectivity index (χ2v) is 5.42. The van der Waals surface area contributed by atoms with E-state index in [-0.39, 0.29) is 43.8 Å². The first-order valence-electron chi connectivity index (χ1n) is 7.68. The maximum Gasteiger partial charge on any atom is 0.174 e. The summed E-state index contributed by atoms with van der Waals surface area (Å²) in [6, 6.07) is 20.7. The summed E-state index contributed by atoms with van der Waals surface area (Å²) in [6.45, 7) is 1.52. The van der Waals surface area contributed by atoms with Crippen molar-refractivity contribution in [2.75, 3.05) is 0 Å². The second-order valence-electron chi connectivity index (χ2n) is 5.42. The Morgan fingerprint density at radius 3 is 1.73 bits per heavy atom. The Bertz CT molecular complexity index is 1020. The van der Waals surface area contributed by atoms with Crippen LogP contribution in [0.3, 0.4) is 0 Å². The molecular weight excluding hydrogens is 403 g/mol. The number of hydrogen-bond donors (Lipinski definition) is 0. The number of aryl methyl sites for hydroxylation is 1. The van der Waals surface area contributed by atoms with Crippen LogP contribution in [0.15, 0.2) is 60.7 Å². The first-order valence-corrected chi connectivity index (χ1v) is 7.68. The maximum atomic E-state index is 13.8. The molecule has 0 unspecified atom stereocenters. The van der Waals surface area contributed by atoms with Gasteiger partial charge in [0.05, 0.1) is 5.56 Å². The van der Waals surface area contributed by atoms with E-state index in [1.54, 1.807) is 12.1 Å². The van der Waals surface area contributed by atoms with Gasteiger partial charge in [-0.1, -0.05) is 35.3 Å². The maximum absolute atomic E-state index is 13.8. The van der Waals surface area contributed by atoms with Crippen LogP contribution < -0.4 is 0 Å². The van der Waals surface area contributed by atoms with E-state index < -0.39 is 11.6 Å². The normalized spacial score (nSPS) is 9.19. The summed E-state index contributed by atoms with van der Waals surface area (Å²) in [7, 11) is 0. The van der Waals surface area contributed by atoms with Crippen LogP contribution >= 0.6 is 0 Å². The third kappa shape index (κ3) is 5.12. The average Bonchev–Trinajstić information content (AvgIpc) is 2.66. The molecule has 0 aliphatic heterocycles. The molecule has 26 heavy (non-hydrogen) atoms. The number of rotatable bonds is 0. The molecule has 0 saturated heterocycles. The quantitative estimate of drug-likeness (QED) is 0.363. The molecule has 3 heteroatoms. The molecule has 3 aromatic carbocycles. The number of halogens is 2. The van der Waals surface area contributed by atoms with Crippen LogP contribution in [0.2, 0.25) is 0 Å². The number of hydrogen-bond acceptors (Lipinski definition) is 0. The van der Waals surface area contributed by atoms with Crippen LogP contribution in [0, 0.1) is 48.3 Å². The average molecular weight is 416 g/mol. The Balaban J connectivity index is 0.00000243. The van der Waals surface area contributed by atoms with E-state index in [9.17, 15) is 8.78 Å². The van der Waals surface area contributed by atoms with Gasteiger partial charge in [0.25, 0.3) is 0 Å². The Hall–Kier alpha value is -2.26. The fraction of sp³-hybridized carbons (Fsp3) is 0.0435. The third-order valence-electron chi connectivity index (χ3n) is 3.57. The summed E-state index contributed by atoms with van der Waals surface area (Å²) >= 11 is 0. The zero-order valence-electron chi connectivity index (χ0n) is 14.1. The molecule has 0 nitrogen and oxygen atoms in total. The van der Waals surface area contributed by atoms with E-state index >= 15 is 0 Å². The van der Waals surface area contributed by atoms with Crippen molar-refractivity contribution in [2.24, 2.45) is 0 Å².